The number of hydrogen-bond acceptors (Lipinski definition) is 3. The zero-order valence-corrected chi connectivity index (χ0v) is 11.6. The van der Waals surface area contributed by atoms with Crippen molar-refractivity contribution in [2.45, 2.75) is 43.5 Å². The molecule has 0 amide bonds. The molecule has 0 bridgehead atoms. The van der Waals surface area contributed by atoms with E-state index in [0.29, 0.717) is 12.8 Å². The van der Waals surface area contributed by atoms with Gasteiger partial charge in [-0.25, -0.2) is 4.39 Å². The maximum absolute atomic E-state index is 13.4. The summed E-state index contributed by atoms with van der Waals surface area (Å²) < 4.78 is 57.4. The van der Waals surface area contributed by atoms with Crippen LogP contribution in [0.5, 0.6) is 0 Å². The molecule has 1 aromatic carbocycles. The summed E-state index contributed by atoms with van der Waals surface area (Å²) >= 11 is 0. The van der Waals surface area contributed by atoms with Crippen LogP contribution in [0.1, 0.15) is 42.9 Å². The Labute approximate surface area is 120 Å². The van der Waals surface area contributed by atoms with Gasteiger partial charge in [0.15, 0.2) is 0 Å². The van der Waals surface area contributed by atoms with Crippen molar-refractivity contribution in [1.82, 2.24) is 5.43 Å². The minimum absolute atomic E-state index is 0.273. The van der Waals surface area contributed by atoms with Gasteiger partial charge < -0.3 is 4.74 Å². The first-order valence-electron chi connectivity index (χ1n) is 6.72. The predicted octanol–water partition coefficient (Wildman–Crippen LogP) is 3.31. The number of hydrazine groups is 1. The molecule has 0 heterocycles. The Morgan fingerprint density at radius 1 is 1.29 bits per heavy atom. The van der Waals surface area contributed by atoms with Crippen LogP contribution in [0, 0.1) is 5.82 Å². The summed E-state index contributed by atoms with van der Waals surface area (Å²) in [4.78, 5) is 0. The molecular formula is C14H18F4N2O. The highest BCUT2D eigenvalue weighted by atomic mass is 19.4. The van der Waals surface area contributed by atoms with E-state index in [1.54, 1.807) is 0 Å². The normalized spacial score (nSPS) is 19.7. The number of rotatable bonds is 4. The first kappa shape index (κ1) is 16.2. The maximum Gasteiger partial charge on any atom is 0.419 e. The van der Waals surface area contributed by atoms with E-state index in [-0.39, 0.29) is 5.56 Å². The average Bonchev–Trinajstić information content (AvgIpc) is 2.90. The standard InChI is InChI=1S/C14H18F4N2O/c1-21-13(6-2-3-7-13)12(20-19)9-4-5-11(15)10(8-9)14(16,17)18/h4-5,8,12,20H,2-3,6-7,19H2,1H3. The fourth-order valence-electron chi connectivity index (χ4n) is 3.08. The molecule has 1 aromatic rings. The van der Waals surface area contributed by atoms with Gasteiger partial charge in [-0.1, -0.05) is 18.9 Å². The van der Waals surface area contributed by atoms with Crippen molar-refractivity contribution < 1.29 is 22.3 Å². The van der Waals surface area contributed by atoms with Gasteiger partial charge in [0, 0.05) is 7.11 Å². The zero-order valence-electron chi connectivity index (χ0n) is 11.6. The quantitative estimate of drug-likeness (QED) is 0.510. The molecule has 0 aromatic heterocycles. The molecule has 1 aliphatic rings. The van der Waals surface area contributed by atoms with Gasteiger partial charge >= 0.3 is 6.18 Å². The number of ether oxygens (including phenoxy) is 1. The SMILES string of the molecule is COC1(C(NN)c2ccc(F)c(C(F)(F)F)c2)CCCC1. The van der Waals surface area contributed by atoms with Crippen molar-refractivity contribution in [1.29, 1.82) is 0 Å². The molecule has 7 heteroatoms. The Hall–Kier alpha value is -1.18. The molecule has 1 aliphatic carbocycles. The van der Waals surface area contributed by atoms with Gasteiger partial charge in [0.2, 0.25) is 0 Å². The van der Waals surface area contributed by atoms with Crippen molar-refractivity contribution >= 4 is 0 Å². The summed E-state index contributed by atoms with van der Waals surface area (Å²) in [6.45, 7) is 0. The minimum Gasteiger partial charge on any atom is -0.376 e. The number of methoxy groups -OCH3 is 1. The molecule has 1 fully saturated rings. The third-order valence-electron chi connectivity index (χ3n) is 4.18. The largest absolute Gasteiger partial charge is 0.419 e. The average molecular weight is 306 g/mol. The van der Waals surface area contributed by atoms with Crippen LogP contribution in [-0.2, 0) is 10.9 Å². The van der Waals surface area contributed by atoms with E-state index in [4.69, 9.17) is 10.6 Å². The molecule has 0 spiro atoms. The van der Waals surface area contributed by atoms with Crippen LogP contribution in [0.15, 0.2) is 18.2 Å². The smallest absolute Gasteiger partial charge is 0.376 e. The predicted molar refractivity (Wildman–Crippen MR) is 69.7 cm³/mol. The van der Waals surface area contributed by atoms with Crippen molar-refractivity contribution in [3.63, 3.8) is 0 Å². The summed E-state index contributed by atoms with van der Waals surface area (Å²) in [5.74, 6) is 4.25. The molecule has 1 saturated carbocycles. The second-order valence-electron chi connectivity index (χ2n) is 5.31. The highest BCUT2D eigenvalue weighted by Crippen LogP contribution is 2.43. The summed E-state index contributed by atoms with van der Waals surface area (Å²) in [6, 6.07) is 2.32. The lowest BCUT2D eigenvalue weighted by molar-refractivity contribution is -0.140. The van der Waals surface area contributed by atoms with Gasteiger partial charge in [-0.05, 0) is 30.5 Å². The Balaban J connectivity index is 2.43. The highest BCUT2D eigenvalue weighted by Gasteiger charge is 2.43. The van der Waals surface area contributed by atoms with E-state index in [1.807, 2.05) is 0 Å². The van der Waals surface area contributed by atoms with E-state index >= 15 is 0 Å². The lowest BCUT2D eigenvalue weighted by atomic mass is 9.86. The topological polar surface area (TPSA) is 47.3 Å². The third-order valence-corrected chi connectivity index (χ3v) is 4.18. The molecule has 0 aliphatic heterocycles. The van der Waals surface area contributed by atoms with Crippen molar-refractivity contribution in [3.05, 3.63) is 35.1 Å². The van der Waals surface area contributed by atoms with E-state index in [2.05, 4.69) is 5.43 Å². The van der Waals surface area contributed by atoms with E-state index in [9.17, 15) is 17.6 Å². The van der Waals surface area contributed by atoms with Gasteiger partial charge in [-0.15, -0.1) is 0 Å². The molecule has 3 nitrogen and oxygen atoms in total. The molecule has 1 unspecified atom stereocenters. The van der Waals surface area contributed by atoms with Crippen LogP contribution in [0.2, 0.25) is 0 Å². The summed E-state index contributed by atoms with van der Waals surface area (Å²) in [5, 5.41) is 0. The fourth-order valence-corrected chi connectivity index (χ4v) is 3.08. The van der Waals surface area contributed by atoms with Crippen molar-refractivity contribution in [2.75, 3.05) is 7.11 Å². The van der Waals surface area contributed by atoms with Crippen LogP contribution in [0.25, 0.3) is 0 Å². The number of nitrogens with two attached hydrogens (primary N) is 1. The number of alkyl halides is 3. The Morgan fingerprint density at radius 3 is 2.38 bits per heavy atom. The molecule has 0 radical (unpaired) electrons. The molecule has 0 saturated heterocycles. The minimum atomic E-state index is -4.74. The van der Waals surface area contributed by atoms with Gasteiger partial charge in [0.05, 0.1) is 17.2 Å². The molecule has 118 valence electrons. The molecule has 21 heavy (non-hydrogen) atoms. The van der Waals surface area contributed by atoms with Crippen LogP contribution < -0.4 is 11.3 Å². The third kappa shape index (κ3) is 3.04. The second kappa shape index (κ2) is 5.90. The lowest BCUT2D eigenvalue weighted by Gasteiger charge is -2.36. The summed E-state index contributed by atoms with van der Waals surface area (Å²) in [6.07, 6.45) is -1.53. The Kier molecular flexibility index (Phi) is 4.55. The maximum atomic E-state index is 13.4. The summed E-state index contributed by atoms with van der Waals surface area (Å²) in [7, 11) is 1.52. The Morgan fingerprint density at radius 2 is 1.90 bits per heavy atom. The van der Waals surface area contributed by atoms with E-state index < -0.39 is 29.2 Å². The number of benzene rings is 1. The molecule has 2 rings (SSSR count). The van der Waals surface area contributed by atoms with Crippen LogP contribution >= 0.6 is 0 Å². The second-order valence-corrected chi connectivity index (χ2v) is 5.31. The monoisotopic (exact) mass is 306 g/mol. The fraction of sp³-hybridized carbons (Fsp3) is 0.571. The molecular weight excluding hydrogens is 288 g/mol. The first-order chi connectivity index (χ1) is 9.84. The lowest BCUT2D eigenvalue weighted by Crippen LogP contribution is -2.46. The van der Waals surface area contributed by atoms with E-state index in [1.165, 1.54) is 13.2 Å². The van der Waals surface area contributed by atoms with Crippen molar-refractivity contribution in [3.8, 4) is 0 Å². The van der Waals surface area contributed by atoms with Crippen LogP contribution in [0.4, 0.5) is 17.6 Å². The van der Waals surface area contributed by atoms with E-state index in [0.717, 1.165) is 25.0 Å². The molecule has 1 atom stereocenters. The highest BCUT2D eigenvalue weighted by molar-refractivity contribution is 5.31. The molecule has 3 N–H and O–H groups in total. The van der Waals surface area contributed by atoms with Gasteiger partial charge in [0.1, 0.15) is 5.82 Å². The zero-order chi connectivity index (χ0) is 15.7. The first-order valence-corrected chi connectivity index (χ1v) is 6.72. The van der Waals surface area contributed by atoms with Crippen LogP contribution in [-0.4, -0.2) is 12.7 Å². The number of hydrogen-bond donors (Lipinski definition) is 2. The van der Waals surface area contributed by atoms with Gasteiger partial charge in [-0.2, -0.15) is 13.2 Å². The summed E-state index contributed by atoms with van der Waals surface area (Å²) in [5.41, 5.74) is 0.864. The Bertz CT molecular complexity index is 498. The van der Waals surface area contributed by atoms with Crippen molar-refractivity contribution in [2.24, 2.45) is 5.84 Å². The van der Waals surface area contributed by atoms with Crippen LogP contribution in [0.3, 0.4) is 0 Å². The number of halogens is 4. The number of nitrogens with one attached hydrogen (secondary N) is 1. The van der Waals surface area contributed by atoms with Gasteiger partial charge in [0.25, 0.3) is 0 Å². The van der Waals surface area contributed by atoms with Gasteiger partial charge in [-0.3, -0.25) is 11.3 Å².